The van der Waals surface area contributed by atoms with E-state index < -0.39 is 0 Å². The lowest BCUT2D eigenvalue weighted by atomic mass is 9.58. The Hall–Kier alpha value is -2.00. The molecule has 28 heavy (non-hydrogen) atoms. The molecule has 6 rings (SSSR count). The van der Waals surface area contributed by atoms with Gasteiger partial charge in [0.25, 0.3) is 0 Å². The number of nitrogens with zero attached hydrogens (tertiary/aromatic N) is 1. The smallest absolute Gasteiger partial charge is 0.139 e. The predicted molar refractivity (Wildman–Crippen MR) is 125 cm³/mol. The van der Waals surface area contributed by atoms with Crippen LogP contribution in [0.1, 0.15) is 50.4 Å². The molecule has 0 N–H and O–H groups in total. The van der Waals surface area contributed by atoms with Gasteiger partial charge in [-0.1, -0.05) is 63.5 Å². The van der Waals surface area contributed by atoms with Gasteiger partial charge in [0.2, 0.25) is 0 Å². The van der Waals surface area contributed by atoms with Crippen molar-refractivity contribution in [2.24, 2.45) is 11.8 Å². The Bertz CT molecular complexity index is 1270. The minimum Gasteiger partial charge on any atom is -0.311 e. The number of thiophene rings is 1. The molecule has 0 spiro atoms. The molecule has 3 heteroatoms. The Balaban J connectivity index is 1.85. The van der Waals surface area contributed by atoms with E-state index >= 15 is 0 Å². The van der Waals surface area contributed by atoms with Gasteiger partial charge < -0.3 is 4.57 Å². The lowest BCUT2D eigenvalue weighted by molar-refractivity contribution is 0.211. The number of fused-ring (bicyclic) bond motifs is 7. The van der Waals surface area contributed by atoms with Crippen molar-refractivity contribution in [1.82, 2.24) is 4.57 Å². The molecule has 0 amide bonds. The van der Waals surface area contributed by atoms with Crippen LogP contribution < -0.4 is 5.46 Å². The molecule has 0 saturated carbocycles. The highest BCUT2D eigenvalue weighted by Crippen LogP contribution is 2.58. The van der Waals surface area contributed by atoms with Crippen LogP contribution in [-0.4, -0.2) is 12.4 Å². The quantitative estimate of drug-likeness (QED) is 0.363. The first-order chi connectivity index (χ1) is 13.4. The lowest BCUT2D eigenvalue weighted by Gasteiger charge is -2.49. The van der Waals surface area contributed by atoms with Gasteiger partial charge in [-0.3, -0.25) is 0 Å². The van der Waals surface area contributed by atoms with Gasteiger partial charge in [0, 0.05) is 32.8 Å². The molecule has 0 saturated heterocycles. The third-order valence-corrected chi connectivity index (χ3v) is 8.95. The van der Waals surface area contributed by atoms with E-state index in [2.05, 4.69) is 82.6 Å². The molecule has 0 radical (unpaired) electrons. The monoisotopic (exact) mass is 383 g/mol. The summed E-state index contributed by atoms with van der Waals surface area (Å²) in [5.41, 5.74) is 9.14. The van der Waals surface area contributed by atoms with Gasteiger partial charge in [0.15, 0.2) is 0 Å². The molecule has 140 valence electrons. The molecule has 2 aromatic carbocycles. The first-order valence-corrected chi connectivity index (χ1v) is 11.4. The normalized spacial score (nSPS) is 25.1. The molecule has 2 aliphatic rings. The molecule has 0 fully saturated rings. The zero-order chi connectivity index (χ0) is 19.4. The highest BCUT2D eigenvalue weighted by atomic mass is 32.1. The van der Waals surface area contributed by atoms with Gasteiger partial charge in [0.1, 0.15) is 7.85 Å². The van der Waals surface area contributed by atoms with Crippen molar-refractivity contribution < 1.29 is 0 Å². The summed E-state index contributed by atoms with van der Waals surface area (Å²) >= 11 is 2.00. The SMILES string of the molecule is Bc1ccc2c(c1)C(C)(C)C1c3c(c4sc5ccccc5c4n3-2)CC(C)C1C. The molecule has 1 aliphatic heterocycles. The Morgan fingerprint density at radius 3 is 2.71 bits per heavy atom. The molecule has 1 nitrogen and oxygen atoms in total. The summed E-state index contributed by atoms with van der Waals surface area (Å²) in [6.45, 7) is 9.92. The Kier molecular flexibility index (Phi) is 3.22. The summed E-state index contributed by atoms with van der Waals surface area (Å²) in [6, 6.07) is 16.1. The van der Waals surface area contributed by atoms with Crippen LogP contribution in [-0.2, 0) is 11.8 Å². The molecule has 4 aromatic rings. The van der Waals surface area contributed by atoms with Crippen molar-refractivity contribution in [3.05, 3.63) is 59.3 Å². The van der Waals surface area contributed by atoms with Crippen LogP contribution in [0.5, 0.6) is 0 Å². The summed E-state index contributed by atoms with van der Waals surface area (Å²) in [6.07, 6.45) is 1.21. The van der Waals surface area contributed by atoms with Gasteiger partial charge in [0.05, 0.1) is 10.2 Å². The van der Waals surface area contributed by atoms with Crippen molar-refractivity contribution in [3.8, 4) is 5.69 Å². The Morgan fingerprint density at radius 1 is 1.11 bits per heavy atom. The number of hydrogen-bond acceptors (Lipinski definition) is 1. The van der Waals surface area contributed by atoms with Gasteiger partial charge in [-0.15, -0.1) is 11.3 Å². The standard InChI is InChI=1S/C25H26BNS/c1-13-11-17-22-21(14(13)2)25(3,4)18-12-15(26)9-10-19(18)27(22)23-16-7-5-6-8-20(16)28-24(17)23/h5-10,12-14,21H,11,26H2,1-4H3. The van der Waals surface area contributed by atoms with Crippen molar-refractivity contribution in [2.45, 2.75) is 45.4 Å². The van der Waals surface area contributed by atoms with Crippen LogP contribution in [0.4, 0.5) is 0 Å². The van der Waals surface area contributed by atoms with Crippen molar-refractivity contribution >= 4 is 44.9 Å². The molecule has 3 atom stereocenters. The third-order valence-electron chi connectivity index (χ3n) is 7.73. The minimum absolute atomic E-state index is 0.149. The van der Waals surface area contributed by atoms with E-state index in [0.717, 1.165) is 0 Å². The highest BCUT2D eigenvalue weighted by molar-refractivity contribution is 7.26. The van der Waals surface area contributed by atoms with Crippen LogP contribution in [0.25, 0.3) is 26.0 Å². The largest absolute Gasteiger partial charge is 0.311 e. The van der Waals surface area contributed by atoms with E-state index in [-0.39, 0.29) is 5.41 Å². The maximum atomic E-state index is 2.66. The van der Waals surface area contributed by atoms with Crippen LogP contribution >= 0.6 is 11.3 Å². The number of rotatable bonds is 0. The maximum absolute atomic E-state index is 2.66. The summed E-state index contributed by atoms with van der Waals surface area (Å²) in [5, 5.41) is 1.42. The predicted octanol–water partition coefficient (Wildman–Crippen LogP) is 5.31. The fourth-order valence-corrected chi connectivity index (χ4v) is 7.47. The van der Waals surface area contributed by atoms with Crippen LogP contribution in [0, 0.1) is 11.8 Å². The lowest BCUT2D eigenvalue weighted by Crippen LogP contribution is -2.42. The summed E-state index contributed by atoms with van der Waals surface area (Å²) in [4.78, 5) is 0. The first-order valence-electron chi connectivity index (χ1n) is 10.6. The number of hydrogen-bond donors (Lipinski definition) is 0. The molecule has 2 aromatic heterocycles. The second kappa shape index (κ2) is 5.33. The molecule has 0 bridgehead atoms. The average molecular weight is 383 g/mol. The topological polar surface area (TPSA) is 4.93 Å². The summed E-state index contributed by atoms with van der Waals surface area (Å²) in [5.74, 6) is 1.97. The van der Waals surface area contributed by atoms with Crippen LogP contribution in [0.3, 0.4) is 0 Å². The zero-order valence-electron chi connectivity index (χ0n) is 17.3. The van der Waals surface area contributed by atoms with Crippen molar-refractivity contribution in [2.75, 3.05) is 0 Å². The second-order valence-electron chi connectivity index (χ2n) is 9.74. The average Bonchev–Trinajstić information content (AvgIpc) is 3.17. The van der Waals surface area contributed by atoms with E-state index in [1.807, 2.05) is 11.3 Å². The van der Waals surface area contributed by atoms with E-state index in [9.17, 15) is 0 Å². The third kappa shape index (κ3) is 1.89. The first kappa shape index (κ1) is 16.9. The fraction of sp³-hybridized carbons (Fsp3) is 0.360. The Morgan fingerprint density at radius 2 is 1.89 bits per heavy atom. The molecule has 3 heterocycles. The van der Waals surface area contributed by atoms with Crippen LogP contribution in [0.2, 0.25) is 0 Å². The second-order valence-corrected chi connectivity index (χ2v) is 10.8. The van der Waals surface area contributed by atoms with Crippen molar-refractivity contribution in [1.29, 1.82) is 0 Å². The minimum atomic E-state index is 0.149. The summed E-state index contributed by atoms with van der Waals surface area (Å²) in [7, 11) is 2.23. The zero-order valence-corrected chi connectivity index (χ0v) is 18.2. The molecular weight excluding hydrogens is 357 g/mol. The van der Waals surface area contributed by atoms with E-state index in [1.54, 1.807) is 11.3 Å². The van der Waals surface area contributed by atoms with Gasteiger partial charge >= 0.3 is 0 Å². The van der Waals surface area contributed by atoms with Gasteiger partial charge in [-0.2, -0.15) is 0 Å². The highest BCUT2D eigenvalue weighted by Gasteiger charge is 2.49. The molecule has 3 unspecified atom stereocenters. The fourth-order valence-electron chi connectivity index (χ4n) is 6.22. The van der Waals surface area contributed by atoms with Crippen LogP contribution in [0.15, 0.2) is 42.5 Å². The molecule has 1 aliphatic carbocycles. The Labute approximate surface area is 171 Å². The van der Waals surface area contributed by atoms with E-state index in [4.69, 9.17) is 0 Å². The van der Waals surface area contributed by atoms with E-state index in [1.165, 1.54) is 43.4 Å². The molecular formula is C25H26BNS. The van der Waals surface area contributed by atoms with Gasteiger partial charge in [-0.05, 0) is 41.5 Å². The van der Waals surface area contributed by atoms with E-state index in [0.29, 0.717) is 17.8 Å². The van der Waals surface area contributed by atoms with Gasteiger partial charge in [-0.25, -0.2) is 0 Å². The number of benzene rings is 2. The number of aromatic nitrogens is 1. The maximum Gasteiger partial charge on any atom is 0.139 e. The van der Waals surface area contributed by atoms with Crippen molar-refractivity contribution in [3.63, 3.8) is 0 Å². The summed E-state index contributed by atoms with van der Waals surface area (Å²) < 4.78 is 5.61.